The summed E-state index contributed by atoms with van der Waals surface area (Å²) in [4.78, 5) is 25.1. The molecule has 3 fully saturated rings. The third-order valence-electron chi connectivity index (χ3n) is 9.25. The van der Waals surface area contributed by atoms with Crippen molar-refractivity contribution in [1.29, 1.82) is 0 Å². The molecule has 2 saturated heterocycles. The average Bonchev–Trinajstić information content (AvgIpc) is 3.36. The van der Waals surface area contributed by atoms with Gasteiger partial charge in [-0.2, -0.15) is 0 Å². The minimum Gasteiger partial charge on any atom is -0.463 e. The molecule has 0 bridgehead atoms. The highest BCUT2D eigenvalue weighted by Crippen LogP contribution is 2.39. The van der Waals surface area contributed by atoms with Crippen molar-refractivity contribution in [3.63, 3.8) is 0 Å². The van der Waals surface area contributed by atoms with E-state index in [0.717, 1.165) is 103 Å². The van der Waals surface area contributed by atoms with Crippen molar-refractivity contribution in [3.05, 3.63) is 11.8 Å². The summed E-state index contributed by atoms with van der Waals surface area (Å²) < 4.78 is 34.9. The van der Waals surface area contributed by atoms with Gasteiger partial charge in [0.05, 0.1) is 25.4 Å². The van der Waals surface area contributed by atoms with Gasteiger partial charge in [-0.25, -0.2) is 4.79 Å². The van der Waals surface area contributed by atoms with Crippen molar-refractivity contribution in [1.82, 2.24) is 0 Å². The van der Waals surface area contributed by atoms with Crippen molar-refractivity contribution in [2.45, 2.75) is 147 Å². The Kier molecular flexibility index (Phi) is 15.1. The van der Waals surface area contributed by atoms with Gasteiger partial charge in [0.25, 0.3) is 0 Å². The third-order valence-corrected chi connectivity index (χ3v) is 9.25. The number of allylic oxidation sites excluding steroid dienone is 1. The van der Waals surface area contributed by atoms with Crippen LogP contribution in [0.4, 0.5) is 0 Å². The lowest BCUT2D eigenvalue weighted by molar-refractivity contribution is -0.233. The fourth-order valence-electron chi connectivity index (χ4n) is 6.49. The lowest BCUT2D eigenvalue weighted by atomic mass is 9.83. The summed E-state index contributed by atoms with van der Waals surface area (Å²) in [5.41, 5.74) is -0.372. The second-order valence-electron chi connectivity index (χ2n) is 12.2. The molecular formula is C33H56O8. The van der Waals surface area contributed by atoms with Gasteiger partial charge in [-0.3, -0.25) is 4.79 Å². The topological polar surface area (TPSA) is 89.5 Å². The number of Topliss-reactive ketones (excluding diaryl/α,β-unsaturated/α-hetero) is 1. The Morgan fingerprint density at radius 2 is 1.73 bits per heavy atom. The fourth-order valence-corrected chi connectivity index (χ4v) is 6.49. The molecule has 3 rings (SSSR count). The van der Waals surface area contributed by atoms with E-state index < -0.39 is 5.97 Å². The molecule has 0 aromatic carbocycles. The summed E-state index contributed by atoms with van der Waals surface area (Å²) in [6.45, 7) is 5.79. The summed E-state index contributed by atoms with van der Waals surface area (Å²) in [6.07, 6.45) is 17.2. The number of ether oxygens (including phenoxy) is 6. The molecule has 0 aromatic rings. The first-order chi connectivity index (χ1) is 19.9. The van der Waals surface area contributed by atoms with E-state index in [-0.39, 0.29) is 36.0 Å². The zero-order valence-corrected chi connectivity index (χ0v) is 26.2. The number of carbonyl (C=O) groups excluding carboxylic acids is 2. The van der Waals surface area contributed by atoms with Crippen LogP contribution in [0.3, 0.4) is 0 Å². The van der Waals surface area contributed by atoms with Crippen LogP contribution in [-0.2, 0) is 38.0 Å². The molecule has 8 heteroatoms. The van der Waals surface area contributed by atoms with E-state index in [0.29, 0.717) is 31.1 Å². The second kappa shape index (κ2) is 18.2. The van der Waals surface area contributed by atoms with E-state index >= 15 is 0 Å². The second-order valence-corrected chi connectivity index (χ2v) is 12.2. The van der Waals surface area contributed by atoms with Crippen LogP contribution in [-0.4, -0.2) is 63.5 Å². The van der Waals surface area contributed by atoms with E-state index in [9.17, 15) is 9.59 Å². The molecule has 41 heavy (non-hydrogen) atoms. The van der Waals surface area contributed by atoms with Gasteiger partial charge in [-0.1, -0.05) is 26.2 Å². The molecule has 2 aliphatic heterocycles. The monoisotopic (exact) mass is 580 g/mol. The Balaban J connectivity index is 1.52. The highest BCUT2D eigenvalue weighted by atomic mass is 16.7. The van der Waals surface area contributed by atoms with E-state index in [1.807, 2.05) is 6.08 Å². The van der Waals surface area contributed by atoms with Gasteiger partial charge in [0.15, 0.2) is 12.6 Å². The zero-order chi connectivity index (χ0) is 29.5. The molecule has 2 heterocycles. The summed E-state index contributed by atoms with van der Waals surface area (Å²) in [6, 6.07) is 0. The van der Waals surface area contributed by atoms with Gasteiger partial charge in [0.1, 0.15) is 5.78 Å². The number of unbranched alkanes of at least 4 members (excludes halogenated alkanes) is 3. The van der Waals surface area contributed by atoms with E-state index in [1.165, 1.54) is 7.11 Å². The molecule has 8 nitrogen and oxygen atoms in total. The Morgan fingerprint density at radius 1 is 1.00 bits per heavy atom. The van der Waals surface area contributed by atoms with Gasteiger partial charge in [0.2, 0.25) is 5.76 Å². The minimum atomic E-state index is -0.470. The van der Waals surface area contributed by atoms with Gasteiger partial charge in [-0.15, -0.1) is 0 Å². The van der Waals surface area contributed by atoms with Crippen LogP contribution in [0.25, 0.3) is 0 Å². The standard InChI is InChI=1S/C33H56O8/c1-5-6-22-33(2,37-4)29(41-31-17-11-13-24-39-31)21-19-25-18-20-27(34)26(25)14-8-7-9-15-28(32(35)36-3)40-30-16-10-12-23-38-30/h15,25-26,29-31H,5-14,16-24H2,1-4H3/t25-,26-,29?,30?,31?,33?/m1/s1. The summed E-state index contributed by atoms with van der Waals surface area (Å²) in [5, 5.41) is 0. The maximum atomic E-state index is 12.9. The Labute approximate surface area is 248 Å². The minimum absolute atomic E-state index is 0.0616. The van der Waals surface area contributed by atoms with Crippen molar-refractivity contribution >= 4 is 11.8 Å². The first kappa shape index (κ1) is 34.0. The number of hydrogen-bond donors (Lipinski definition) is 0. The maximum Gasteiger partial charge on any atom is 0.373 e. The van der Waals surface area contributed by atoms with Crippen LogP contribution in [0, 0.1) is 11.8 Å². The summed E-state index contributed by atoms with van der Waals surface area (Å²) >= 11 is 0. The number of hydrogen-bond acceptors (Lipinski definition) is 8. The first-order valence-electron chi connectivity index (χ1n) is 16.3. The third kappa shape index (κ3) is 10.9. The van der Waals surface area contributed by atoms with Crippen LogP contribution in [0.15, 0.2) is 11.8 Å². The Morgan fingerprint density at radius 3 is 2.37 bits per heavy atom. The maximum absolute atomic E-state index is 12.9. The molecule has 6 atom stereocenters. The molecule has 0 spiro atoms. The predicted octanol–water partition coefficient (Wildman–Crippen LogP) is 7.03. The Hall–Kier alpha value is -1.48. The van der Waals surface area contributed by atoms with Crippen LogP contribution in [0.1, 0.15) is 123 Å². The first-order valence-corrected chi connectivity index (χ1v) is 16.3. The van der Waals surface area contributed by atoms with E-state index in [2.05, 4.69) is 13.8 Å². The molecule has 1 saturated carbocycles. The molecule has 0 amide bonds. The molecule has 1 aliphatic carbocycles. The molecule has 0 N–H and O–H groups in total. The van der Waals surface area contributed by atoms with Gasteiger partial charge < -0.3 is 28.4 Å². The normalized spacial score (nSPS) is 27.8. The molecular weight excluding hydrogens is 524 g/mol. The van der Waals surface area contributed by atoms with Crippen molar-refractivity contribution in [3.8, 4) is 0 Å². The van der Waals surface area contributed by atoms with Gasteiger partial charge in [-0.05, 0) is 96.0 Å². The van der Waals surface area contributed by atoms with E-state index in [1.54, 1.807) is 7.11 Å². The molecule has 4 unspecified atom stereocenters. The van der Waals surface area contributed by atoms with Gasteiger partial charge in [0, 0.05) is 32.5 Å². The number of esters is 1. The molecule has 0 radical (unpaired) electrons. The van der Waals surface area contributed by atoms with Crippen LogP contribution >= 0.6 is 0 Å². The average molecular weight is 581 g/mol. The van der Waals surface area contributed by atoms with Crippen LogP contribution < -0.4 is 0 Å². The SMILES string of the molecule is CCCCC(C)(OC)C(CC[C@H]1CCC(=O)[C@@H]1CCCCC=C(OC1CCCCO1)C(=O)OC)OC1CCCCO1. The Bertz CT molecular complexity index is 801. The lowest BCUT2D eigenvalue weighted by Gasteiger charge is -2.40. The lowest BCUT2D eigenvalue weighted by Crippen LogP contribution is -2.46. The largest absolute Gasteiger partial charge is 0.463 e. The molecule has 0 aromatic heterocycles. The zero-order valence-electron chi connectivity index (χ0n) is 26.2. The number of rotatable bonds is 18. The smallest absolute Gasteiger partial charge is 0.373 e. The molecule has 236 valence electrons. The number of ketones is 1. The number of methoxy groups -OCH3 is 2. The van der Waals surface area contributed by atoms with E-state index in [4.69, 9.17) is 28.4 Å². The summed E-state index contributed by atoms with van der Waals surface area (Å²) in [5.74, 6) is 0.629. The summed E-state index contributed by atoms with van der Waals surface area (Å²) in [7, 11) is 3.16. The van der Waals surface area contributed by atoms with Crippen molar-refractivity contribution in [2.75, 3.05) is 27.4 Å². The molecule has 3 aliphatic rings. The fraction of sp³-hybridized carbons (Fsp3) is 0.879. The highest BCUT2D eigenvalue weighted by molar-refractivity contribution is 5.86. The van der Waals surface area contributed by atoms with Gasteiger partial charge >= 0.3 is 5.97 Å². The van der Waals surface area contributed by atoms with Crippen molar-refractivity contribution < 1.29 is 38.0 Å². The van der Waals surface area contributed by atoms with Crippen molar-refractivity contribution in [2.24, 2.45) is 11.8 Å². The number of carbonyl (C=O) groups is 2. The highest BCUT2D eigenvalue weighted by Gasteiger charge is 2.40. The predicted molar refractivity (Wildman–Crippen MR) is 157 cm³/mol. The van der Waals surface area contributed by atoms with Crippen LogP contribution in [0.5, 0.6) is 0 Å². The van der Waals surface area contributed by atoms with Crippen LogP contribution in [0.2, 0.25) is 0 Å². The quantitative estimate of drug-likeness (QED) is 0.0739.